The summed E-state index contributed by atoms with van der Waals surface area (Å²) in [6.07, 6.45) is 6.04. The summed E-state index contributed by atoms with van der Waals surface area (Å²) in [5, 5.41) is 3.15. The van der Waals surface area contributed by atoms with Gasteiger partial charge in [-0.25, -0.2) is 9.97 Å². The molecule has 1 aliphatic carbocycles. The molecule has 0 bridgehead atoms. The van der Waals surface area contributed by atoms with Crippen LogP contribution in [0.2, 0.25) is 0 Å². The first-order valence-corrected chi connectivity index (χ1v) is 8.41. The number of nitrogens with one attached hydrogen (secondary N) is 1. The lowest BCUT2D eigenvalue weighted by molar-refractivity contribution is -0.119. The minimum absolute atomic E-state index is 0.336. The lowest BCUT2D eigenvalue weighted by atomic mass is 9.94. The van der Waals surface area contributed by atoms with Crippen LogP contribution < -0.4 is 5.32 Å². The number of hydrogen-bond donors (Lipinski definition) is 1. The third-order valence-electron chi connectivity index (χ3n) is 4.10. The van der Waals surface area contributed by atoms with Gasteiger partial charge >= 0.3 is 0 Å². The highest BCUT2D eigenvalue weighted by Gasteiger charge is 2.22. The molecule has 22 heavy (non-hydrogen) atoms. The maximum absolute atomic E-state index is 10.9. The Morgan fingerprint density at radius 1 is 1.36 bits per heavy atom. The number of carbonyl (C=O) groups excluding carboxylic acids is 1. The fourth-order valence-electron chi connectivity index (χ4n) is 2.55. The van der Waals surface area contributed by atoms with Crippen LogP contribution >= 0.6 is 0 Å². The normalized spacial score (nSPS) is 20.9. The number of rotatable bonds is 4. The summed E-state index contributed by atoms with van der Waals surface area (Å²) in [5.74, 6) is 2.11. The summed E-state index contributed by atoms with van der Waals surface area (Å²) in [6.45, 7) is 8.73. The Kier molecular flexibility index (Phi) is 6.16. The van der Waals surface area contributed by atoms with Gasteiger partial charge in [0.05, 0.1) is 5.69 Å². The Morgan fingerprint density at radius 2 is 2.09 bits per heavy atom. The van der Waals surface area contributed by atoms with Crippen molar-refractivity contribution in [2.75, 3.05) is 25.0 Å². The zero-order chi connectivity index (χ0) is 15.9. The summed E-state index contributed by atoms with van der Waals surface area (Å²) >= 11 is 0. The van der Waals surface area contributed by atoms with Gasteiger partial charge < -0.3 is 10.2 Å². The summed E-state index contributed by atoms with van der Waals surface area (Å²) < 4.78 is 0. The smallest absolute Gasteiger partial charge is 0.223 e. The van der Waals surface area contributed by atoms with Crippen LogP contribution in [0.15, 0.2) is 6.07 Å². The molecule has 1 saturated heterocycles. The van der Waals surface area contributed by atoms with E-state index in [0.717, 1.165) is 56.2 Å². The van der Waals surface area contributed by atoms with Gasteiger partial charge in [0.15, 0.2) is 0 Å². The van der Waals surface area contributed by atoms with E-state index in [2.05, 4.69) is 22.2 Å². The van der Waals surface area contributed by atoms with E-state index >= 15 is 0 Å². The van der Waals surface area contributed by atoms with Crippen molar-refractivity contribution < 1.29 is 4.79 Å². The Hall–Kier alpha value is -1.65. The molecule has 3 rings (SSSR count). The predicted octanol–water partition coefficient (Wildman–Crippen LogP) is 2.97. The van der Waals surface area contributed by atoms with Crippen LogP contribution in [0.1, 0.15) is 56.8 Å². The summed E-state index contributed by atoms with van der Waals surface area (Å²) in [6, 6.07) is 2.03. The highest BCUT2D eigenvalue weighted by atomic mass is 16.1. The van der Waals surface area contributed by atoms with Crippen molar-refractivity contribution in [3.05, 3.63) is 17.5 Å². The molecule has 1 aromatic heterocycles. The molecule has 5 heteroatoms. The number of piperidine rings is 1. The van der Waals surface area contributed by atoms with Crippen LogP contribution in [0.5, 0.6) is 0 Å². The molecule has 1 unspecified atom stereocenters. The van der Waals surface area contributed by atoms with Crippen molar-refractivity contribution in [3.8, 4) is 0 Å². The second kappa shape index (κ2) is 8.11. The Bertz CT molecular complexity index is 488. The van der Waals surface area contributed by atoms with Gasteiger partial charge in [-0.15, -0.1) is 0 Å². The van der Waals surface area contributed by atoms with Crippen LogP contribution in [-0.2, 0) is 4.79 Å². The van der Waals surface area contributed by atoms with Gasteiger partial charge in [0.25, 0.3) is 0 Å². The molecule has 2 heterocycles. The van der Waals surface area contributed by atoms with Crippen LogP contribution in [0.3, 0.4) is 0 Å². The second-order valence-electron chi connectivity index (χ2n) is 6.41. The molecule has 1 amide bonds. The number of anilines is 1. The molecule has 2 fully saturated rings. The number of hydrogen-bond acceptors (Lipinski definition) is 4. The molecule has 0 spiro atoms. The molecule has 5 nitrogen and oxygen atoms in total. The summed E-state index contributed by atoms with van der Waals surface area (Å²) in [5.41, 5.74) is 2.02. The van der Waals surface area contributed by atoms with Crippen molar-refractivity contribution in [1.29, 1.82) is 0 Å². The van der Waals surface area contributed by atoms with E-state index in [1.54, 1.807) is 0 Å². The lowest BCUT2D eigenvalue weighted by Crippen LogP contribution is -2.33. The minimum atomic E-state index is 0.336. The zero-order valence-corrected chi connectivity index (χ0v) is 14.0. The Balaban J connectivity index is 0.000000381. The van der Waals surface area contributed by atoms with Gasteiger partial charge in [0.1, 0.15) is 0 Å². The van der Waals surface area contributed by atoms with Gasteiger partial charge in [0.2, 0.25) is 12.4 Å². The van der Waals surface area contributed by atoms with Crippen molar-refractivity contribution in [2.24, 2.45) is 5.92 Å². The van der Waals surface area contributed by atoms with Gasteiger partial charge in [-0.05, 0) is 38.7 Å². The SMILES string of the molecule is CC1CC1.CCNc1nc(C)cc(C2CCCN(C=O)C2)n1. The molecule has 1 N–H and O–H groups in total. The standard InChI is InChI=1S/C13H20N4O.C4H8/c1-3-14-13-15-10(2)7-12(16-13)11-5-4-6-17(8-11)9-18;1-4-2-3-4/h7,9,11H,3-6,8H2,1-2H3,(H,14,15,16);4H,2-3H2,1H3. The number of aryl methyl sites for hydroxylation is 1. The molecule has 2 aliphatic rings. The zero-order valence-electron chi connectivity index (χ0n) is 14.0. The third-order valence-corrected chi connectivity index (χ3v) is 4.10. The van der Waals surface area contributed by atoms with Gasteiger partial charge in [0, 0.05) is 31.2 Å². The van der Waals surface area contributed by atoms with Crippen LogP contribution in [-0.4, -0.2) is 40.9 Å². The highest BCUT2D eigenvalue weighted by molar-refractivity contribution is 5.47. The lowest BCUT2D eigenvalue weighted by Gasteiger charge is -2.29. The third kappa shape index (κ3) is 5.28. The van der Waals surface area contributed by atoms with Gasteiger partial charge in [-0.2, -0.15) is 0 Å². The van der Waals surface area contributed by atoms with E-state index in [1.807, 2.05) is 24.8 Å². The van der Waals surface area contributed by atoms with E-state index < -0.39 is 0 Å². The number of amides is 1. The monoisotopic (exact) mass is 304 g/mol. The van der Waals surface area contributed by atoms with Crippen molar-refractivity contribution in [1.82, 2.24) is 14.9 Å². The fourth-order valence-corrected chi connectivity index (χ4v) is 2.55. The topological polar surface area (TPSA) is 58.1 Å². The van der Waals surface area contributed by atoms with Crippen LogP contribution in [0.4, 0.5) is 5.95 Å². The van der Waals surface area contributed by atoms with Crippen molar-refractivity contribution in [3.63, 3.8) is 0 Å². The summed E-state index contributed by atoms with van der Waals surface area (Å²) in [7, 11) is 0. The number of likely N-dealkylation sites (tertiary alicyclic amines) is 1. The van der Waals surface area contributed by atoms with Gasteiger partial charge in [-0.1, -0.05) is 19.8 Å². The molecule has 1 aliphatic heterocycles. The molecule has 1 saturated carbocycles. The maximum Gasteiger partial charge on any atom is 0.223 e. The van der Waals surface area contributed by atoms with Crippen LogP contribution in [0, 0.1) is 12.8 Å². The van der Waals surface area contributed by atoms with E-state index in [-0.39, 0.29) is 0 Å². The molecule has 122 valence electrons. The van der Waals surface area contributed by atoms with Crippen LogP contribution in [0.25, 0.3) is 0 Å². The Morgan fingerprint density at radius 3 is 2.68 bits per heavy atom. The maximum atomic E-state index is 10.9. The molecule has 0 radical (unpaired) electrons. The van der Waals surface area contributed by atoms with Crippen molar-refractivity contribution >= 4 is 12.4 Å². The average Bonchev–Trinajstić information content (AvgIpc) is 3.30. The van der Waals surface area contributed by atoms with E-state index in [0.29, 0.717) is 11.9 Å². The number of nitrogens with zero attached hydrogens (tertiary/aromatic N) is 3. The average molecular weight is 304 g/mol. The fraction of sp³-hybridized carbons (Fsp3) is 0.706. The quantitative estimate of drug-likeness (QED) is 0.869. The molecule has 0 aromatic carbocycles. The summed E-state index contributed by atoms with van der Waals surface area (Å²) in [4.78, 5) is 21.6. The molecule has 1 atom stereocenters. The number of aromatic nitrogens is 2. The first-order valence-electron chi connectivity index (χ1n) is 8.41. The van der Waals surface area contributed by atoms with E-state index in [1.165, 1.54) is 12.8 Å². The molecule has 1 aromatic rings. The Labute approximate surface area is 133 Å². The second-order valence-corrected chi connectivity index (χ2v) is 6.41. The van der Waals surface area contributed by atoms with E-state index in [9.17, 15) is 4.79 Å². The van der Waals surface area contributed by atoms with Gasteiger partial charge in [-0.3, -0.25) is 4.79 Å². The first-order chi connectivity index (χ1) is 10.6. The minimum Gasteiger partial charge on any atom is -0.354 e. The predicted molar refractivity (Wildman–Crippen MR) is 88.9 cm³/mol. The largest absolute Gasteiger partial charge is 0.354 e. The first kappa shape index (κ1) is 16.7. The van der Waals surface area contributed by atoms with Crippen molar-refractivity contribution in [2.45, 2.75) is 52.4 Å². The molecular weight excluding hydrogens is 276 g/mol. The van der Waals surface area contributed by atoms with E-state index in [4.69, 9.17) is 0 Å². The number of carbonyl (C=O) groups is 1. The molecular formula is C17H28N4O. The highest BCUT2D eigenvalue weighted by Crippen LogP contribution is 2.27.